The molecular formula is C19H13NO. The van der Waals surface area contributed by atoms with Gasteiger partial charge in [-0.3, -0.25) is 4.79 Å². The van der Waals surface area contributed by atoms with E-state index in [1.54, 1.807) is 0 Å². The van der Waals surface area contributed by atoms with Gasteiger partial charge in [0.25, 0.3) is 5.91 Å². The third-order valence-electron chi connectivity index (χ3n) is 3.79. The maximum absolute atomic E-state index is 11.9. The zero-order valence-electron chi connectivity index (χ0n) is 11.3. The summed E-state index contributed by atoms with van der Waals surface area (Å²) in [7, 11) is 0. The summed E-state index contributed by atoms with van der Waals surface area (Å²) in [6.07, 6.45) is 2.02. The van der Waals surface area contributed by atoms with Gasteiger partial charge in [0.05, 0.1) is 0 Å². The van der Waals surface area contributed by atoms with Gasteiger partial charge < -0.3 is 5.32 Å². The van der Waals surface area contributed by atoms with Crippen LogP contribution < -0.4 is 5.32 Å². The molecule has 2 heteroatoms. The van der Waals surface area contributed by atoms with E-state index in [1.165, 1.54) is 10.8 Å². The number of carbonyl (C=O) groups is 1. The number of nitrogens with one attached hydrogen (secondary N) is 1. The Morgan fingerprint density at radius 2 is 1.48 bits per heavy atom. The van der Waals surface area contributed by atoms with Crippen LogP contribution in [-0.2, 0) is 0 Å². The van der Waals surface area contributed by atoms with Gasteiger partial charge in [0.2, 0.25) is 0 Å². The molecule has 4 rings (SSSR count). The van der Waals surface area contributed by atoms with Crippen LogP contribution in [0, 0.1) is 0 Å². The van der Waals surface area contributed by atoms with Gasteiger partial charge >= 0.3 is 0 Å². The Bertz CT molecular complexity index is 893. The van der Waals surface area contributed by atoms with Crippen molar-refractivity contribution in [2.24, 2.45) is 0 Å². The topological polar surface area (TPSA) is 29.1 Å². The van der Waals surface area contributed by atoms with Crippen LogP contribution in [0.5, 0.6) is 0 Å². The summed E-state index contributed by atoms with van der Waals surface area (Å²) >= 11 is 0. The van der Waals surface area contributed by atoms with Crippen LogP contribution in [0.25, 0.3) is 22.5 Å². The number of amides is 1. The molecule has 0 saturated carbocycles. The number of hydrogen-bond acceptors (Lipinski definition) is 1. The molecule has 0 bridgehead atoms. The van der Waals surface area contributed by atoms with Crippen LogP contribution in [-0.4, -0.2) is 5.91 Å². The quantitative estimate of drug-likeness (QED) is 0.710. The molecule has 1 aliphatic rings. The lowest BCUT2D eigenvalue weighted by Gasteiger charge is -2.02. The molecule has 2 nitrogen and oxygen atoms in total. The summed E-state index contributed by atoms with van der Waals surface area (Å²) in [5.41, 5.74) is 3.66. The second kappa shape index (κ2) is 4.60. The van der Waals surface area contributed by atoms with Crippen molar-refractivity contribution in [2.45, 2.75) is 0 Å². The smallest absolute Gasteiger partial charge is 0.256 e. The first kappa shape index (κ1) is 11.9. The van der Waals surface area contributed by atoms with E-state index in [0.29, 0.717) is 0 Å². The summed E-state index contributed by atoms with van der Waals surface area (Å²) in [6.45, 7) is 0. The van der Waals surface area contributed by atoms with Gasteiger partial charge in [-0.25, -0.2) is 0 Å². The van der Waals surface area contributed by atoms with Crippen LogP contribution in [0.15, 0.2) is 66.7 Å². The molecule has 1 heterocycles. The third-order valence-corrected chi connectivity index (χ3v) is 3.79. The monoisotopic (exact) mass is 271 g/mol. The summed E-state index contributed by atoms with van der Waals surface area (Å²) < 4.78 is 0. The van der Waals surface area contributed by atoms with Crippen molar-refractivity contribution in [2.75, 3.05) is 0 Å². The van der Waals surface area contributed by atoms with Crippen molar-refractivity contribution in [3.63, 3.8) is 0 Å². The first-order valence-electron chi connectivity index (χ1n) is 6.92. The van der Waals surface area contributed by atoms with Gasteiger partial charge in [-0.05, 0) is 34.5 Å². The minimum Gasteiger partial charge on any atom is -0.321 e. The summed E-state index contributed by atoms with van der Waals surface area (Å²) in [6, 6.07) is 22.2. The highest BCUT2D eigenvalue weighted by atomic mass is 16.1. The van der Waals surface area contributed by atoms with Crippen molar-refractivity contribution < 1.29 is 4.79 Å². The highest BCUT2D eigenvalue weighted by Gasteiger charge is 2.22. The molecule has 0 spiro atoms. The Hall–Kier alpha value is -2.87. The Labute approximate surface area is 122 Å². The van der Waals surface area contributed by atoms with E-state index in [2.05, 4.69) is 35.6 Å². The van der Waals surface area contributed by atoms with E-state index in [9.17, 15) is 4.79 Å². The van der Waals surface area contributed by atoms with E-state index in [4.69, 9.17) is 0 Å². The Kier molecular flexibility index (Phi) is 2.61. The van der Waals surface area contributed by atoms with Gasteiger partial charge in [-0.15, -0.1) is 0 Å². The number of carbonyl (C=O) groups excluding carboxylic acids is 1. The van der Waals surface area contributed by atoms with Crippen LogP contribution in [0.1, 0.15) is 21.5 Å². The molecule has 0 aromatic heterocycles. The SMILES string of the molecule is O=C1N/C(=C/c2ccc3ccccc3c2)c2ccccc21. The van der Waals surface area contributed by atoms with Crippen molar-refractivity contribution in [3.8, 4) is 0 Å². The summed E-state index contributed by atoms with van der Waals surface area (Å²) in [5.74, 6) is -0.0300. The Morgan fingerprint density at radius 3 is 2.33 bits per heavy atom. The molecule has 0 fully saturated rings. The van der Waals surface area contributed by atoms with E-state index >= 15 is 0 Å². The van der Waals surface area contributed by atoms with Gasteiger partial charge in [-0.2, -0.15) is 0 Å². The van der Waals surface area contributed by atoms with E-state index < -0.39 is 0 Å². The maximum atomic E-state index is 11.9. The average Bonchev–Trinajstić information content (AvgIpc) is 2.84. The molecule has 1 N–H and O–H groups in total. The number of benzene rings is 3. The first-order valence-corrected chi connectivity index (χ1v) is 6.92. The molecule has 3 aromatic rings. The van der Waals surface area contributed by atoms with Crippen molar-refractivity contribution >= 4 is 28.5 Å². The first-order chi connectivity index (χ1) is 10.3. The zero-order valence-corrected chi connectivity index (χ0v) is 11.3. The predicted molar refractivity (Wildman–Crippen MR) is 85.7 cm³/mol. The lowest BCUT2D eigenvalue weighted by molar-refractivity contribution is 0.0981. The van der Waals surface area contributed by atoms with Crippen molar-refractivity contribution in [3.05, 3.63) is 83.4 Å². The van der Waals surface area contributed by atoms with E-state index in [-0.39, 0.29) is 5.91 Å². The molecule has 1 amide bonds. The molecule has 0 aliphatic carbocycles. The molecule has 21 heavy (non-hydrogen) atoms. The average molecular weight is 271 g/mol. The van der Waals surface area contributed by atoms with E-state index in [1.807, 2.05) is 42.5 Å². The van der Waals surface area contributed by atoms with Crippen molar-refractivity contribution in [1.29, 1.82) is 0 Å². The van der Waals surface area contributed by atoms with Crippen LogP contribution in [0.2, 0.25) is 0 Å². The molecule has 100 valence electrons. The molecule has 0 unspecified atom stereocenters. The zero-order chi connectivity index (χ0) is 14.2. The Balaban J connectivity index is 1.82. The van der Waals surface area contributed by atoms with Gasteiger partial charge in [0.1, 0.15) is 0 Å². The fraction of sp³-hybridized carbons (Fsp3) is 0. The Morgan fingerprint density at radius 1 is 0.762 bits per heavy atom. The second-order valence-electron chi connectivity index (χ2n) is 5.16. The minimum atomic E-state index is -0.0300. The third kappa shape index (κ3) is 2.01. The highest BCUT2D eigenvalue weighted by Crippen LogP contribution is 2.26. The number of rotatable bonds is 1. The predicted octanol–water partition coefficient (Wildman–Crippen LogP) is 4.08. The van der Waals surface area contributed by atoms with E-state index in [0.717, 1.165) is 22.4 Å². The largest absolute Gasteiger partial charge is 0.321 e. The lowest BCUT2D eigenvalue weighted by atomic mass is 10.0. The normalized spacial score (nSPS) is 15.2. The highest BCUT2D eigenvalue weighted by molar-refractivity contribution is 6.11. The van der Waals surface area contributed by atoms with Gasteiger partial charge in [0.15, 0.2) is 0 Å². The molecule has 0 radical (unpaired) electrons. The fourth-order valence-corrected chi connectivity index (χ4v) is 2.75. The molecular weight excluding hydrogens is 258 g/mol. The lowest BCUT2D eigenvalue weighted by Crippen LogP contribution is -2.11. The van der Waals surface area contributed by atoms with Crippen LogP contribution in [0.4, 0.5) is 0 Å². The molecule has 0 atom stereocenters. The maximum Gasteiger partial charge on any atom is 0.256 e. The standard InChI is InChI=1S/C19H13NO/c21-19-17-8-4-3-7-16(17)18(20-19)12-13-9-10-14-5-1-2-6-15(14)11-13/h1-12H,(H,20,21)/b18-12+. The number of hydrogen-bond donors (Lipinski definition) is 1. The van der Waals surface area contributed by atoms with Crippen molar-refractivity contribution in [1.82, 2.24) is 5.32 Å². The second-order valence-corrected chi connectivity index (χ2v) is 5.16. The fourth-order valence-electron chi connectivity index (χ4n) is 2.75. The summed E-state index contributed by atoms with van der Waals surface area (Å²) in [4.78, 5) is 11.9. The van der Waals surface area contributed by atoms with Crippen LogP contribution in [0.3, 0.4) is 0 Å². The molecule has 1 aliphatic heterocycles. The number of fused-ring (bicyclic) bond motifs is 2. The van der Waals surface area contributed by atoms with Gasteiger partial charge in [-0.1, -0.05) is 54.6 Å². The van der Waals surface area contributed by atoms with Gasteiger partial charge in [0, 0.05) is 16.8 Å². The summed E-state index contributed by atoms with van der Waals surface area (Å²) in [5, 5.41) is 5.35. The molecule has 0 saturated heterocycles. The minimum absolute atomic E-state index is 0.0300. The molecule has 3 aromatic carbocycles. The van der Waals surface area contributed by atoms with Crippen LogP contribution >= 0.6 is 0 Å².